The second kappa shape index (κ2) is 4.82. The van der Waals surface area contributed by atoms with Gasteiger partial charge in [-0.25, -0.2) is 14.8 Å². The van der Waals surface area contributed by atoms with Gasteiger partial charge in [0.2, 0.25) is 0 Å². The van der Waals surface area contributed by atoms with Gasteiger partial charge in [0.25, 0.3) is 0 Å². The van der Waals surface area contributed by atoms with E-state index in [-0.39, 0.29) is 11.7 Å². The molecular formula is C11H13N5O2. The number of anilines is 2. The van der Waals surface area contributed by atoms with Crippen molar-refractivity contribution in [3.63, 3.8) is 0 Å². The number of carboxylic acid groups (broad SMARTS) is 1. The first kappa shape index (κ1) is 12.0. The van der Waals surface area contributed by atoms with Crippen molar-refractivity contribution >= 4 is 17.5 Å². The van der Waals surface area contributed by atoms with E-state index in [2.05, 4.69) is 20.4 Å². The highest BCUT2D eigenvalue weighted by molar-refractivity contribution is 5.84. The highest BCUT2D eigenvalue weighted by Crippen LogP contribution is 2.14. The van der Waals surface area contributed by atoms with Crippen molar-refractivity contribution in [2.75, 3.05) is 5.32 Å². The summed E-state index contributed by atoms with van der Waals surface area (Å²) in [6.45, 7) is 4.05. The fourth-order valence-electron chi connectivity index (χ4n) is 1.34. The third kappa shape index (κ3) is 2.62. The molecule has 0 amide bonds. The monoisotopic (exact) mass is 247 g/mol. The number of rotatable bonds is 4. The van der Waals surface area contributed by atoms with Crippen molar-refractivity contribution in [1.29, 1.82) is 0 Å². The number of nitrogens with zero attached hydrogens (tertiary/aromatic N) is 4. The lowest BCUT2D eigenvalue weighted by molar-refractivity contribution is 0.0690. The molecule has 0 aliphatic heterocycles. The molecule has 2 aromatic rings. The van der Waals surface area contributed by atoms with Crippen molar-refractivity contribution < 1.29 is 9.90 Å². The van der Waals surface area contributed by atoms with Gasteiger partial charge in [-0.15, -0.1) is 0 Å². The van der Waals surface area contributed by atoms with Gasteiger partial charge < -0.3 is 10.4 Å². The molecule has 18 heavy (non-hydrogen) atoms. The van der Waals surface area contributed by atoms with E-state index in [4.69, 9.17) is 5.11 Å². The van der Waals surface area contributed by atoms with Gasteiger partial charge in [-0.1, -0.05) is 0 Å². The minimum absolute atomic E-state index is 0.0848. The minimum atomic E-state index is -1.10. The first-order valence-electron chi connectivity index (χ1n) is 5.43. The fraction of sp³-hybridized carbons (Fsp3) is 0.273. The van der Waals surface area contributed by atoms with Crippen LogP contribution in [0.25, 0.3) is 0 Å². The number of hydrogen-bond donors (Lipinski definition) is 2. The van der Waals surface area contributed by atoms with Gasteiger partial charge in [0.1, 0.15) is 5.82 Å². The summed E-state index contributed by atoms with van der Waals surface area (Å²) in [6, 6.07) is 0.279. The summed E-state index contributed by atoms with van der Waals surface area (Å²) in [5.74, 6) is -0.620. The Morgan fingerprint density at radius 2 is 2.11 bits per heavy atom. The van der Waals surface area contributed by atoms with Gasteiger partial charge in [-0.3, -0.25) is 4.68 Å². The Kier molecular flexibility index (Phi) is 3.22. The predicted molar refractivity (Wildman–Crippen MR) is 64.9 cm³/mol. The molecule has 0 saturated carbocycles. The summed E-state index contributed by atoms with van der Waals surface area (Å²) in [4.78, 5) is 18.3. The lowest BCUT2D eigenvalue weighted by Gasteiger charge is -2.04. The fourth-order valence-corrected chi connectivity index (χ4v) is 1.34. The molecular weight excluding hydrogens is 234 g/mol. The van der Waals surface area contributed by atoms with E-state index in [1.807, 2.05) is 20.0 Å². The van der Waals surface area contributed by atoms with Crippen LogP contribution in [0.3, 0.4) is 0 Å². The number of carboxylic acids is 1. The largest absolute Gasteiger partial charge is 0.476 e. The van der Waals surface area contributed by atoms with Crippen LogP contribution in [-0.4, -0.2) is 30.8 Å². The van der Waals surface area contributed by atoms with Gasteiger partial charge in [0.05, 0.1) is 24.3 Å². The van der Waals surface area contributed by atoms with Gasteiger partial charge in [0.15, 0.2) is 5.69 Å². The molecule has 7 heteroatoms. The third-order valence-corrected chi connectivity index (χ3v) is 2.27. The number of carbonyl (C=O) groups is 1. The lowest BCUT2D eigenvalue weighted by Crippen LogP contribution is -2.02. The SMILES string of the molecule is CC(C)n1cc(Nc2cnc(C(=O)O)cn2)cn1. The average Bonchev–Trinajstić information content (AvgIpc) is 2.78. The molecule has 0 bridgehead atoms. The topological polar surface area (TPSA) is 92.9 Å². The van der Waals surface area contributed by atoms with E-state index >= 15 is 0 Å². The molecule has 0 spiro atoms. The van der Waals surface area contributed by atoms with Gasteiger partial charge in [-0.05, 0) is 13.8 Å². The average molecular weight is 247 g/mol. The van der Waals surface area contributed by atoms with Gasteiger partial charge in [-0.2, -0.15) is 5.10 Å². The molecule has 0 aromatic carbocycles. The van der Waals surface area contributed by atoms with Crippen molar-refractivity contribution in [1.82, 2.24) is 19.7 Å². The standard InChI is InChI=1S/C11H13N5O2/c1-7(2)16-6-8(3-14-16)15-10-5-12-9(4-13-10)11(17)18/h3-7H,1-2H3,(H,13,15)(H,17,18). The molecule has 0 radical (unpaired) electrons. The van der Waals surface area contributed by atoms with Crippen LogP contribution in [0.15, 0.2) is 24.8 Å². The van der Waals surface area contributed by atoms with Crippen LogP contribution in [0.5, 0.6) is 0 Å². The maximum atomic E-state index is 10.6. The Morgan fingerprint density at radius 1 is 1.33 bits per heavy atom. The zero-order valence-electron chi connectivity index (χ0n) is 10.0. The molecule has 0 aliphatic rings. The zero-order chi connectivity index (χ0) is 13.1. The number of aromatic nitrogens is 4. The van der Waals surface area contributed by atoms with Crippen LogP contribution in [0.1, 0.15) is 30.4 Å². The molecule has 2 rings (SSSR count). The Morgan fingerprint density at radius 3 is 2.61 bits per heavy atom. The highest BCUT2D eigenvalue weighted by Gasteiger charge is 2.06. The maximum absolute atomic E-state index is 10.6. The Labute approximate surface area is 104 Å². The smallest absolute Gasteiger partial charge is 0.356 e. The quantitative estimate of drug-likeness (QED) is 0.854. The molecule has 0 fully saturated rings. The van der Waals surface area contributed by atoms with E-state index in [9.17, 15) is 4.79 Å². The summed E-state index contributed by atoms with van der Waals surface area (Å²) < 4.78 is 1.81. The van der Waals surface area contributed by atoms with Crippen LogP contribution in [0, 0.1) is 0 Å². The second-order valence-corrected chi connectivity index (χ2v) is 4.02. The Bertz CT molecular complexity index is 547. The van der Waals surface area contributed by atoms with Crippen LogP contribution in [0.2, 0.25) is 0 Å². The van der Waals surface area contributed by atoms with E-state index in [1.165, 1.54) is 12.4 Å². The van der Waals surface area contributed by atoms with Crippen molar-refractivity contribution in [2.24, 2.45) is 0 Å². The Hall–Kier alpha value is -2.44. The second-order valence-electron chi connectivity index (χ2n) is 4.02. The van der Waals surface area contributed by atoms with Crippen LogP contribution < -0.4 is 5.32 Å². The first-order valence-corrected chi connectivity index (χ1v) is 5.43. The predicted octanol–water partition coefficient (Wildman–Crippen LogP) is 1.70. The maximum Gasteiger partial charge on any atom is 0.356 e. The molecule has 2 aromatic heterocycles. The van der Waals surface area contributed by atoms with E-state index in [1.54, 1.807) is 10.9 Å². The summed E-state index contributed by atoms with van der Waals surface area (Å²) in [7, 11) is 0. The lowest BCUT2D eigenvalue weighted by atomic mass is 10.4. The van der Waals surface area contributed by atoms with Crippen molar-refractivity contribution in [3.05, 3.63) is 30.5 Å². The molecule has 2 N–H and O–H groups in total. The van der Waals surface area contributed by atoms with E-state index in [0.717, 1.165) is 5.69 Å². The van der Waals surface area contributed by atoms with Crippen LogP contribution >= 0.6 is 0 Å². The first-order chi connectivity index (χ1) is 8.56. The Balaban J connectivity index is 2.10. The van der Waals surface area contributed by atoms with Crippen molar-refractivity contribution in [2.45, 2.75) is 19.9 Å². The summed E-state index contributed by atoms with van der Waals surface area (Å²) in [6.07, 6.45) is 6.10. The van der Waals surface area contributed by atoms with E-state index in [0.29, 0.717) is 5.82 Å². The minimum Gasteiger partial charge on any atom is -0.476 e. The van der Waals surface area contributed by atoms with Crippen molar-refractivity contribution in [3.8, 4) is 0 Å². The molecule has 0 unspecified atom stereocenters. The molecule has 0 saturated heterocycles. The highest BCUT2D eigenvalue weighted by atomic mass is 16.4. The van der Waals surface area contributed by atoms with Crippen LogP contribution in [0.4, 0.5) is 11.5 Å². The number of nitrogens with one attached hydrogen (secondary N) is 1. The zero-order valence-corrected chi connectivity index (χ0v) is 10.0. The van der Waals surface area contributed by atoms with Gasteiger partial charge >= 0.3 is 5.97 Å². The van der Waals surface area contributed by atoms with E-state index < -0.39 is 5.97 Å². The number of hydrogen-bond acceptors (Lipinski definition) is 5. The molecule has 0 atom stereocenters. The third-order valence-electron chi connectivity index (χ3n) is 2.27. The summed E-state index contributed by atoms with van der Waals surface area (Å²) >= 11 is 0. The molecule has 7 nitrogen and oxygen atoms in total. The summed E-state index contributed by atoms with van der Waals surface area (Å²) in [5, 5.41) is 15.9. The molecule has 0 aliphatic carbocycles. The molecule has 2 heterocycles. The number of aromatic carboxylic acids is 1. The summed E-state index contributed by atoms with van der Waals surface area (Å²) in [5.41, 5.74) is 0.694. The molecule has 94 valence electrons. The van der Waals surface area contributed by atoms with Crippen LogP contribution in [-0.2, 0) is 0 Å². The van der Waals surface area contributed by atoms with Gasteiger partial charge in [0, 0.05) is 12.2 Å². The normalized spacial score (nSPS) is 10.6.